The first-order valence-corrected chi connectivity index (χ1v) is 12.8. The van der Waals surface area contributed by atoms with Gasteiger partial charge in [0.25, 0.3) is 5.91 Å². The van der Waals surface area contributed by atoms with Crippen LogP contribution < -0.4 is 10.2 Å². The van der Waals surface area contributed by atoms with Crippen molar-refractivity contribution in [2.75, 3.05) is 24.6 Å². The van der Waals surface area contributed by atoms with E-state index in [9.17, 15) is 4.79 Å². The van der Waals surface area contributed by atoms with Gasteiger partial charge in [0.05, 0.1) is 23.9 Å². The van der Waals surface area contributed by atoms with Gasteiger partial charge in [0.15, 0.2) is 0 Å². The standard InChI is InChI=1S/C29H29ClN4O2/c1-18(2)26(22-5-3-4-6-24(22)30)31-28(35)20-9-12-25-23(15-20)27(33-32-25)19-7-10-21(11-8-19)34-16-29(17-34)13-14-36-29/h3-12,15,18,26H,13-14,16-17H2,1-2H3,(H,31,35)(H,32,33)/t26-/m0/s1. The van der Waals surface area contributed by atoms with Crippen LogP contribution in [0.1, 0.15) is 42.2 Å². The molecule has 1 aromatic heterocycles. The highest BCUT2D eigenvalue weighted by Gasteiger charge is 2.49. The minimum atomic E-state index is -0.191. The molecule has 4 aromatic rings. The Bertz CT molecular complexity index is 1420. The topological polar surface area (TPSA) is 70.2 Å². The van der Waals surface area contributed by atoms with E-state index >= 15 is 0 Å². The molecule has 184 valence electrons. The van der Waals surface area contributed by atoms with Crippen LogP contribution in [0, 0.1) is 5.92 Å². The van der Waals surface area contributed by atoms with Crippen molar-refractivity contribution in [3.8, 4) is 11.3 Å². The maximum atomic E-state index is 13.3. The number of rotatable bonds is 6. The van der Waals surface area contributed by atoms with E-state index in [1.807, 2.05) is 42.5 Å². The Hall–Kier alpha value is -3.35. The van der Waals surface area contributed by atoms with E-state index in [1.165, 1.54) is 5.69 Å². The van der Waals surface area contributed by atoms with Gasteiger partial charge in [-0.05, 0) is 47.9 Å². The fourth-order valence-corrected chi connectivity index (χ4v) is 5.49. The lowest BCUT2D eigenvalue weighted by Crippen LogP contribution is -2.68. The summed E-state index contributed by atoms with van der Waals surface area (Å²) in [5.74, 6) is 0.0423. The van der Waals surface area contributed by atoms with Crippen LogP contribution in [-0.4, -0.2) is 41.4 Å². The van der Waals surface area contributed by atoms with Crippen molar-refractivity contribution in [3.63, 3.8) is 0 Å². The zero-order valence-electron chi connectivity index (χ0n) is 20.4. The summed E-state index contributed by atoms with van der Waals surface area (Å²) in [6, 6.07) is 21.6. The van der Waals surface area contributed by atoms with Gasteiger partial charge in [-0.2, -0.15) is 5.10 Å². The zero-order chi connectivity index (χ0) is 24.9. The summed E-state index contributed by atoms with van der Waals surface area (Å²) < 4.78 is 5.74. The Morgan fingerprint density at radius 1 is 1.11 bits per heavy atom. The molecule has 3 heterocycles. The SMILES string of the molecule is CC(C)[C@H](NC(=O)c1ccc2[nH]nc(-c3ccc(N4CC5(CCO5)C4)cc3)c2c1)c1ccccc1Cl. The number of fused-ring (bicyclic) bond motifs is 1. The largest absolute Gasteiger partial charge is 0.371 e. The molecule has 2 aliphatic rings. The van der Waals surface area contributed by atoms with Gasteiger partial charge in [-0.1, -0.05) is 55.8 Å². The lowest BCUT2D eigenvalue weighted by atomic mass is 9.86. The van der Waals surface area contributed by atoms with Gasteiger partial charge in [-0.15, -0.1) is 0 Å². The number of carbonyl (C=O) groups is 1. The van der Waals surface area contributed by atoms with E-state index in [0.29, 0.717) is 10.6 Å². The molecule has 3 aromatic carbocycles. The van der Waals surface area contributed by atoms with Crippen LogP contribution in [0.5, 0.6) is 0 Å². The predicted octanol–water partition coefficient (Wildman–Crippen LogP) is 5.99. The Labute approximate surface area is 215 Å². The molecule has 0 saturated carbocycles. The van der Waals surface area contributed by atoms with E-state index in [4.69, 9.17) is 16.3 Å². The first kappa shape index (κ1) is 23.1. The molecule has 1 spiro atoms. The predicted molar refractivity (Wildman–Crippen MR) is 144 cm³/mol. The molecule has 2 aliphatic heterocycles. The molecule has 0 aliphatic carbocycles. The number of hydrogen-bond acceptors (Lipinski definition) is 4. The molecule has 2 N–H and O–H groups in total. The third-order valence-electron chi connectivity index (χ3n) is 7.45. The van der Waals surface area contributed by atoms with Crippen molar-refractivity contribution < 1.29 is 9.53 Å². The van der Waals surface area contributed by atoms with Gasteiger partial charge in [0, 0.05) is 46.7 Å². The Balaban J connectivity index is 1.23. The summed E-state index contributed by atoms with van der Waals surface area (Å²) in [7, 11) is 0. The molecule has 1 amide bonds. The normalized spacial score (nSPS) is 17.2. The number of nitrogens with one attached hydrogen (secondary N) is 2. The highest BCUT2D eigenvalue weighted by Crippen LogP contribution is 2.39. The summed E-state index contributed by atoms with van der Waals surface area (Å²) in [6.45, 7) is 6.96. The van der Waals surface area contributed by atoms with Crippen LogP contribution in [0.4, 0.5) is 5.69 Å². The van der Waals surface area contributed by atoms with Crippen LogP contribution in [0.15, 0.2) is 66.7 Å². The molecular formula is C29H29ClN4O2. The van der Waals surface area contributed by atoms with E-state index in [1.54, 1.807) is 0 Å². The van der Waals surface area contributed by atoms with Gasteiger partial charge < -0.3 is 15.0 Å². The fourth-order valence-electron chi connectivity index (χ4n) is 5.23. The number of anilines is 1. The molecule has 6 rings (SSSR count). The van der Waals surface area contributed by atoms with E-state index in [0.717, 1.165) is 53.8 Å². The van der Waals surface area contributed by atoms with Gasteiger partial charge in [-0.3, -0.25) is 9.89 Å². The number of H-pyrrole nitrogens is 1. The average Bonchev–Trinajstić information content (AvgIpc) is 3.25. The number of nitrogens with zero attached hydrogens (tertiary/aromatic N) is 2. The monoisotopic (exact) mass is 500 g/mol. The average molecular weight is 501 g/mol. The van der Waals surface area contributed by atoms with Crippen molar-refractivity contribution in [2.24, 2.45) is 5.92 Å². The van der Waals surface area contributed by atoms with E-state index in [2.05, 4.69) is 58.5 Å². The second-order valence-corrected chi connectivity index (χ2v) is 10.6. The van der Waals surface area contributed by atoms with Gasteiger partial charge in [-0.25, -0.2) is 0 Å². The molecule has 0 bridgehead atoms. The molecule has 1 atom stereocenters. The van der Waals surface area contributed by atoms with Crippen molar-refractivity contribution in [1.29, 1.82) is 0 Å². The van der Waals surface area contributed by atoms with E-state index in [-0.39, 0.29) is 23.5 Å². The number of aromatic nitrogens is 2. The van der Waals surface area contributed by atoms with Crippen LogP contribution in [0.2, 0.25) is 5.02 Å². The Morgan fingerprint density at radius 2 is 1.86 bits per heavy atom. The lowest BCUT2D eigenvalue weighted by molar-refractivity contribution is -0.160. The summed E-state index contributed by atoms with van der Waals surface area (Å²) in [5, 5.41) is 12.4. The second-order valence-electron chi connectivity index (χ2n) is 10.2. The van der Waals surface area contributed by atoms with Gasteiger partial charge in [0.2, 0.25) is 0 Å². The molecule has 0 radical (unpaired) electrons. The summed E-state index contributed by atoms with van der Waals surface area (Å²) in [6.07, 6.45) is 1.16. The minimum absolute atomic E-state index is 0.106. The van der Waals surface area contributed by atoms with Crippen molar-refractivity contribution in [2.45, 2.75) is 31.9 Å². The highest BCUT2D eigenvalue weighted by atomic mass is 35.5. The number of amides is 1. The second kappa shape index (κ2) is 8.95. The third-order valence-corrected chi connectivity index (χ3v) is 7.79. The quantitative estimate of drug-likeness (QED) is 0.341. The van der Waals surface area contributed by atoms with E-state index < -0.39 is 0 Å². The third kappa shape index (κ3) is 4.04. The van der Waals surface area contributed by atoms with Gasteiger partial charge >= 0.3 is 0 Å². The smallest absolute Gasteiger partial charge is 0.251 e. The van der Waals surface area contributed by atoms with Crippen molar-refractivity contribution >= 4 is 34.1 Å². The maximum Gasteiger partial charge on any atom is 0.251 e. The summed E-state index contributed by atoms with van der Waals surface area (Å²) >= 11 is 6.44. The number of ether oxygens (including phenoxy) is 1. The Kier molecular flexibility index (Phi) is 5.73. The zero-order valence-corrected chi connectivity index (χ0v) is 21.2. The lowest BCUT2D eigenvalue weighted by Gasteiger charge is -2.56. The number of benzene rings is 3. The number of hydrogen-bond donors (Lipinski definition) is 2. The molecule has 7 heteroatoms. The molecule has 6 nitrogen and oxygen atoms in total. The maximum absolute atomic E-state index is 13.3. The summed E-state index contributed by atoms with van der Waals surface area (Å²) in [4.78, 5) is 15.6. The summed E-state index contributed by atoms with van der Waals surface area (Å²) in [5.41, 5.74) is 5.54. The van der Waals surface area contributed by atoms with Crippen LogP contribution in [0.3, 0.4) is 0 Å². The van der Waals surface area contributed by atoms with Crippen molar-refractivity contribution in [3.05, 3.63) is 82.9 Å². The highest BCUT2D eigenvalue weighted by molar-refractivity contribution is 6.31. The number of aromatic amines is 1. The Morgan fingerprint density at radius 3 is 2.53 bits per heavy atom. The molecular weight excluding hydrogens is 472 g/mol. The first-order valence-electron chi connectivity index (χ1n) is 12.5. The van der Waals surface area contributed by atoms with Gasteiger partial charge in [0.1, 0.15) is 5.60 Å². The number of carbonyl (C=O) groups excluding carboxylic acids is 1. The van der Waals surface area contributed by atoms with Crippen LogP contribution in [-0.2, 0) is 4.74 Å². The fraction of sp³-hybridized carbons (Fsp3) is 0.310. The molecule has 2 saturated heterocycles. The molecule has 2 fully saturated rings. The van der Waals surface area contributed by atoms with Crippen LogP contribution in [0.25, 0.3) is 22.2 Å². The minimum Gasteiger partial charge on any atom is -0.371 e. The molecule has 36 heavy (non-hydrogen) atoms. The van der Waals surface area contributed by atoms with Crippen molar-refractivity contribution in [1.82, 2.24) is 15.5 Å². The molecule has 0 unspecified atom stereocenters. The number of halogens is 1. The first-order chi connectivity index (χ1) is 17.4. The van der Waals surface area contributed by atoms with Crippen LogP contribution >= 0.6 is 11.6 Å².